The van der Waals surface area contributed by atoms with Crippen molar-refractivity contribution in [3.05, 3.63) is 108 Å². The molecule has 0 atom stereocenters. The zero-order valence-electron chi connectivity index (χ0n) is 19.8. The van der Waals surface area contributed by atoms with Crippen molar-refractivity contribution >= 4 is 28.0 Å². The number of hydrogen-bond acceptors (Lipinski definition) is 1. The number of amidine groups is 1. The minimum absolute atomic E-state index is 0.367. The first-order valence-electron chi connectivity index (χ1n) is 11.6. The van der Waals surface area contributed by atoms with E-state index in [4.69, 9.17) is 4.99 Å². The summed E-state index contributed by atoms with van der Waals surface area (Å²) >= 11 is 0. The summed E-state index contributed by atoms with van der Waals surface area (Å²) in [6.07, 6.45) is 0. The van der Waals surface area contributed by atoms with E-state index in [-0.39, 0.29) is 0 Å². The number of hydrogen-bond donors (Lipinski definition) is 1. The largest absolute Gasteiger partial charge is 0.333 e. The Morgan fingerprint density at radius 1 is 0.697 bits per heavy atom. The highest BCUT2D eigenvalue weighted by Gasteiger charge is 2.14. The lowest BCUT2D eigenvalue weighted by Crippen LogP contribution is -2.10. The van der Waals surface area contributed by atoms with Gasteiger partial charge < -0.3 is 5.32 Å². The van der Waals surface area contributed by atoms with Crippen LogP contribution in [0.3, 0.4) is 0 Å². The highest BCUT2D eigenvalue weighted by Crippen LogP contribution is 2.35. The van der Waals surface area contributed by atoms with Crippen LogP contribution in [0.25, 0.3) is 10.8 Å². The van der Waals surface area contributed by atoms with Crippen LogP contribution in [0, 0.1) is 11.8 Å². The van der Waals surface area contributed by atoms with E-state index in [0.29, 0.717) is 17.7 Å². The molecule has 0 spiro atoms. The highest BCUT2D eigenvalue weighted by atomic mass is 15.0. The van der Waals surface area contributed by atoms with Crippen LogP contribution in [0.2, 0.25) is 0 Å². The van der Waals surface area contributed by atoms with Gasteiger partial charge in [0.15, 0.2) is 5.84 Å². The fourth-order valence-corrected chi connectivity index (χ4v) is 3.90. The predicted molar refractivity (Wildman–Crippen MR) is 143 cm³/mol. The Hall–Kier alpha value is -3.83. The van der Waals surface area contributed by atoms with E-state index >= 15 is 0 Å². The summed E-state index contributed by atoms with van der Waals surface area (Å²) in [5.74, 6) is 7.96. The second kappa shape index (κ2) is 10.2. The van der Waals surface area contributed by atoms with Gasteiger partial charge >= 0.3 is 0 Å². The monoisotopic (exact) mass is 430 g/mol. The Labute approximate surface area is 197 Å². The molecule has 0 saturated heterocycles. The molecule has 0 radical (unpaired) electrons. The van der Waals surface area contributed by atoms with Crippen molar-refractivity contribution in [1.82, 2.24) is 0 Å². The van der Waals surface area contributed by atoms with Crippen molar-refractivity contribution in [3.8, 4) is 11.8 Å². The zero-order valence-corrected chi connectivity index (χ0v) is 19.8. The molecule has 2 heteroatoms. The van der Waals surface area contributed by atoms with E-state index < -0.39 is 0 Å². The molecule has 4 aromatic rings. The fraction of sp³-hybridized carbons (Fsp3) is 0.194. The lowest BCUT2D eigenvalue weighted by molar-refractivity contribution is 0.835. The number of aliphatic imine (C=N–C) groups is 1. The maximum Gasteiger partial charge on any atom is 0.183 e. The van der Waals surface area contributed by atoms with Crippen LogP contribution >= 0.6 is 0 Å². The topological polar surface area (TPSA) is 24.4 Å². The Balaban J connectivity index is 1.82. The maximum absolute atomic E-state index is 5.12. The van der Waals surface area contributed by atoms with E-state index in [1.54, 1.807) is 0 Å². The summed E-state index contributed by atoms with van der Waals surface area (Å²) in [6, 6.07) is 31.2. The molecule has 0 aromatic heterocycles. The molecule has 0 aliphatic heterocycles. The van der Waals surface area contributed by atoms with Crippen molar-refractivity contribution in [3.63, 3.8) is 0 Å². The molecule has 0 saturated carbocycles. The third-order valence-corrected chi connectivity index (χ3v) is 5.68. The molecule has 0 aliphatic rings. The van der Waals surface area contributed by atoms with Gasteiger partial charge in [-0.25, -0.2) is 4.99 Å². The first-order valence-corrected chi connectivity index (χ1v) is 11.6. The molecule has 33 heavy (non-hydrogen) atoms. The van der Waals surface area contributed by atoms with Gasteiger partial charge in [0.1, 0.15) is 0 Å². The minimum Gasteiger partial charge on any atom is -0.333 e. The molecule has 4 aromatic carbocycles. The Bertz CT molecular complexity index is 1310. The fourth-order valence-electron chi connectivity index (χ4n) is 3.90. The van der Waals surface area contributed by atoms with Gasteiger partial charge in [-0.15, -0.1) is 0 Å². The van der Waals surface area contributed by atoms with E-state index in [2.05, 4.69) is 106 Å². The van der Waals surface area contributed by atoms with Gasteiger partial charge in [0, 0.05) is 11.3 Å². The number of benzene rings is 4. The molecule has 0 amide bonds. The second-order valence-corrected chi connectivity index (χ2v) is 8.86. The van der Waals surface area contributed by atoms with Crippen LogP contribution in [-0.4, -0.2) is 5.84 Å². The van der Waals surface area contributed by atoms with Gasteiger partial charge in [-0.05, 0) is 63.9 Å². The molecule has 1 N–H and O–H groups in total. The molecule has 164 valence electrons. The molecule has 4 rings (SSSR count). The first-order chi connectivity index (χ1) is 16.0. The summed E-state index contributed by atoms with van der Waals surface area (Å²) < 4.78 is 0. The standard InChI is InChI=1S/C31H30N2/c1-22(2)28-15-10-16-29(23(3)4)31(28)33-30(20-17-24-11-6-5-7-12-24)32-27-19-18-25-13-8-9-14-26(25)21-27/h5-16,18-19,21-23H,1-4H3,(H,32,33). The van der Waals surface area contributed by atoms with Crippen LogP contribution in [0.4, 0.5) is 11.4 Å². The number of rotatable bonds is 4. The quantitative estimate of drug-likeness (QED) is 0.197. The van der Waals surface area contributed by atoms with Gasteiger partial charge in [-0.3, -0.25) is 0 Å². The molecule has 0 bridgehead atoms. The lowest BCUT2D eigenvalue weighted by Gasteiger charge is -2.17. The Kier molecular flexibility index (Phi) is 6.91. The molecule has 0 fully saturated rings. The number of para-hydroxylation sites is 1. The summed E-state index contributed by atoms with van der Waals surface area (Å²) in [5, 5.41) is 5.89. The minimum atomic E-state index is 0.367. The van der Waals surface area contributed by atoms with Crippen molar-refractivity contribution in [2.45, 2.75) is 39.5 Å². The van der Waals surface area contributed by atoms with Crippen LogP contribution in [0.15, 0.2) is 96.0 Å². The number of nitrogens with zero attached hydrogens (tertiary/aromatic N) is 1. The van der Waals surface area contributed by atoms with E-state index in [0.717, 1.165) is 16.9 Å². The van der Waals surface area contributed by atoms with Gasteiger partial charge in [0.2, 0.25) is 0 Å². The average Bonchev–Trinajstić information content (AvgIpc) is 2.83. The number of anilines is 1. The van der Waals surface area contributed by atoms with Crippen LogP contribution in [0.1, 0.15) is 56.2 Å². The number of fused-ring (bicyclic) bond motifs is 1. The molecule has 0 heterocycles. The summed E-state index contributed by atoms with van der Waals surface area (Å²) in [5.41, 5.74) is 5.43. The molecule has 0 unspecified atom stereocenters. The third kappa shape index (κ3) is 5.51. The van der Waals surface area contributed by atoms with E-state index in [9.17, 15) is 0 Å². The third-order valence-electron chi connectivity index (χ3n) is 5.68. The SMILES string of the molecule is CC(C)c1cccc(C(C)C)c1N=C(C#Cc1ccccc1)Nc1ccc2ccccc2c1. The van der Waals surface area contributed by atoms with Crippen LogP contribution < -0.4 is 5.32 Å². The number of nitrogens with one attached hydrogen (secondary N) is 1. The second-order valence-electron chi connectivity index (χ2n) is 8.86. The Morgan fingerprint density at radius 3 is 2.00 bits per heavy atom. The van der Waals surface area contributed by atoms with Crippen molar-refractivity contribution in [1.29, 1.82) is 0 Å². The molecular formula is C31H30N2. The van der Waals surface area contributed by atoms with Crippen molar-refractivity contribution < 1.29 is 0 Å². The van der Waals surface area contributed by atoms with Crippen molar-refractivity contribution in [2.75, 3.05) is 5.32 Å². The summed E-state index contributed by atoms with van der Waals surface area (Å²) in [4.78, 5) is 5.12. The van der Waals surface area contributed by atoms with Crippen molar-refractivity contribution in [2.24, 2.45) is 4.99 Å². The maximum atomic E-state index is 5.12. The molecular weight excluding hydrogens is 400 g/mol. The van der Waals surface area contributed by atoms with E-state index in [1.165, 1.54) is 21.9 Å². The highest BCUT2D eigenvalue weighted by molar-refractivity contribution is 6.10. The average molecular weight is 431 g/mol. The summed E-state index contributed by atoms with van der Waals surface area (Å²) in [7, 11) is 0. The van der Waals surface area contributed by atoms with Gasteiger partial charge in [0.25, 0.3) is 0 Å². The van der Waals surface area contributed by atoms with Crippen LogP contribution in [-0.2, 0) is 0 Å². The van der Waals surface area contributed by atoms with Gasteiger partial charge in [0.05, 0.1) is 5.69 Å². The smallest absolute Gasteiger partial charge is 0.183 e. The zero-order chi connectivity index (χ0) is 23.2. The van der Waals surface area contributed by atoms with Gasteiger partial charge in [-0.2, -0.15) is 0 Å². The van der Waals surface area contributed by atoms with E-state index in [1.807, 2.05) is 30.3 Å². The first kappa shape index (κ1) is 22.4. The molecule has 0 aliphatic carbocycles. The molecule has 2 nitrogen and oxygen atoms in total. The van der Waals surface area contributed by atoms with Crippen LogP contribution in [0.5, 0.6) is 0 Å². The Morgan fingerprint density at radius 2 is 1.33 bits per heavy atom. The normalized spacial score (nSPS) is 11.5. The predicted octanol–water partition coefficient (Wildman–Crippen LogP) is 8.28. The summed E-state index contributed by atoms with van der Waals surface area (Å²) in [6.45, 7) is 8.85. The lowest BCUT2D eigenvalue weighted by atomic mass is 9.93. The van der Waals surface area contributed by atoms with Gasteiger partial charge in [-0.1, -0.05) is 100 Å².